The van der Waals surface area contributed by atoms with Gasteiger partial charge in [0.15, 0.2) is 11.5 Å². The van der Waals surface area contributed by atoms with Crippen LogP contribution in [0.25, 0.3) is 6.08 Å². The number of hydrogen-bond donors (Lipinski definition) is 1. The number of terminal acetylenes is 1. The lowest BCUT2D eigenvalue weighted by molar-refractivity contribution is -0.123. The third kappa shape index (κ3) is 4.61. The normalized spacial score (nSPS) is 14.7. The first-order valence-electron chi connectivity index (χ1n) is 8.77. The van der Waals surface area contributed by atoms with Crippen LogP contribution in [0.1, 0.15) is 16.7 Å². The average Bonchev–Trinajstić information content (AvgIpc) is 2.94. The minimum atomic E-state index is -0.456. The maximum atomic E-state index is 12.7. The zero-order chi connectivity index (χ0) is 21.0. The number of methoxy groups -OCH3 is 1. The van der Waals surface area contributed by atoms with Crippen LogP contribution in [0.4, 0.5) is 4.79 Å². The number of aryl methyl sites for hydroxylation is 1. The van der Waals surface area contributed by atoms with Gasteiger partial charge in [-0.05, 0) is 52.2 Å². The number of halogens is 1. The van der Waals surface area contributed by atoms with Gasteiger partial charge in [-0.15, -0.1) is 6.42 Å². The van der Waals surface area contributed by atoms with Crippen LogP contribution in [-0.2, 0) is 11.3 Å². The van der Waals surface area contributed by atoms with Crippen molar-refractivity contribution in [2.24, 2.45) is 0 Å². The van der Waals surface area contributed by atoms with E-state index < -0.39 is 6.03 Å². The first kappa shape index (κ1) is 20.5. The lowest BCUT2D eigenvalue weighted by Gasteiger charge is -2.12. The fourth-order valence-corrected chi connectivity index (χ4v) is 3.53. The van der Waals surface area contributed by atoms with Gasteiger partial charge in [-0.25, -0.2) is 4.79 Å². The van der Waals surface area contributed by atoms with E-state index in [-0.39, 0.29) is 24.8 Å². The van der Waals surface area contributed by atoms with Gasteiger partial charge in [0.2, 0.25) is 0 Å². The van der Waals surface area contributed by atoms with E-state index in [0.717, 1.165) is 11.1 Å². The highest BCUT2D eigenvalue weighted by molar-refractivity contribution is 9.10. The monoisotopic (exact) mass is 454 g/mol. The molecule has 0 spiro atoms. The molecule has 0 aliphatic carbocycles. The number of amides is 3. The standard InChI is InChI=1S/C22H19BrN2O4/c1-4-8-29-20-17(23)10-16(12-19(20)28-3)11-18-21(26)25(22(27)24-18)13-15-7-5-6-14(2)9-15/h1,5-7,9-12H,8,13H2,2-3H3,(H,24,27)/b18-11+. The molecule has 0 radical (unpaired) electrons. The maximum Gasteiger partial charge on any atom is 0.329 e. The highest BCUT2D eigenvalue weighted by Gasteiger charge is 2.33. The Morgan fingerprint density at radius 1 is 1.28 bits per heavy atom. The van der Waals surface area contributed by atoms with Crippen molar-refractivity contribution in [3.8, 4) is 23.8 Å². The molecule has 2 aromatic rings. The fourth-order valence-electron chi connectivity index (χ4n) is 2.95. The van der Waals surface area contributed by atoms with Gasteiger partial charge in [-0.2, -0.15) is 0 Å². The first-order chi connectivity index (χ1) is 13.9. The number of nitrogens with one attached hydrogen (secondary N) is 1. The molecule has 1 N–H and O–H groups in total. The Morgan fingerprint density at radius 2 is 2.07 bits per heavy atom. The summed E-state index contributed by atoms with van der Waals surface area (Å²) in [5, 5.41) is 2.63. The Hall–Kier alpha value is -3.24. The summed E-state index contributed by atoms with van der Waals surface area (Å²) in [7, 11) is 1.51. The van der Waals surface area contributed by atoms with Crippen molar-refractivity contribution in [2.75, 3.05) is 13.7 Å². The van der Waals surface area contributed by atoms with Crippen LogP contribution in [-0.4, -0.2) is 30.6 Å². The molecule has 3 rings (SSSR count). The van der Waals surface area contributed by atoms with E-state index in [1.807, 2.05) is 31.2 Å². The van der Waals surface area contributed by atoms with Gasteiger partial charge in [0, 0.05) is 0 Å². The molecule has 1 aliphatic heterocycles. The SMILES string of the molecule is C#CCOc1c(Br)cc(/C=C2/NC(=O)N(Cc3cccc(C)c3)C2=O)cc1OC. The molecule has 2 aromatic carbocycles. The van der Waals surface area contributed by atoms with Gasteiger partial charge in [0.25, 0.3) is 5.91 Å². The zero-order valence-corrected chi connectivity index (χ0v) is 17.6. The number of benzene rings is 2. The molecule has 3 amide bonds. The van der Waals surface area contributed by atoms with Crippen molar-refractivity contribution >= 4 is 33.9 Å². The minimum Gasteiger partial charge on any atom is -0.493 e. The Kier molecular flexibility index (Phi) is 6.25. The highest BCUT2D eigenvalue weighted by atomic mass is 79.9. The van der Waals surface area contributed by atoms with Crippen molar-refractivity contribution in [2.45, 2.75) is 13.5 Å². The number of ether oxygens (including phenoxy) is 2. The lowest BCUT2D eigenvalue weighted by Crippen LogP contribution is -2.30. The Morgan fingerprint density at radius 3 is 2.76 bits per heavy atom. The van der Waals surface area contributed by atoms with Gasteiger partial charge in [-0.1, -0.05) is 35.7 Å². The summed E-state index contributed by atoms with van der Waals surface area (Å²) in [5.41, 5.74) is 2.79. The largest absolute Gasteiger partial charge is 0.493 e. The van der Waals surface area contributed by atoms with Gasteiger partial charge < -0.3 is 14.8 Å². The van der Waals surface area contributed by atoms with Crippen LogP contribution in [0.5, 0.6) is 11.5 Å². The summed E-state index contributed by atoms with van der Waals surface area (Å²) in [6.45, 7) is 2.26. The van der Waals surface area contributed by atoms with E-state index in [2.05, 4.69) is 27.2 Å². The van der Waals surface area contributed by atoms with Crippen molar-refractivity contribution < 1.29 is 19.1 Å². The smallest absolute Gasteiger partial charge is 0.329 e. The number of rotatable bonds is 6. The third-order valence-corrected chi connectivity index (χ3v) is 4.84. The van der Waals surface area contributed by atoms with Gasteiger partial charge in [0.1, 0.15) is 12.3 Å². The molecule has 0 bridgehead atoms. The van der Waals surface area contributed by atoms with Crippen LogP contribution in [0, 0.1) is 19.3 Å². The molecule has 148 valence electrons. The number of nitrogens with zero attached hydrogens (tertiary/aromatic N) is 1. The second kappa shape index (κ2) is 8.84. The molecule has 1 heterocycles. The maximum absolute atomic E-state index is 12.7. The topological polar surface area (TPSA) is 67.9 Å². The highest BCUT2D eigenvalue weighted by Crippen LogP contribution is 2.37. The number of hydrogen-bond acceptors (Lipinski definition) is 4. The molecule has 0 aromatic heterocycles. The van der Waals surface area contributed by atoms with Crippen LogP contribution in [0.15, 0.2) is 46.6 Å². The Bertz CT molecular complexity index is 1040. The molecule has 0 saturated carbocycles. The van der Waals surface area contributed by atoms with Gasteiger partial charge in [-0.3, -0.25) is 9.69 Å². The number of carbonyl (C=O) groups excluding carboxylic acids is 2. The van der Waals surface area contributed by atoms with Crippen molar-refractivity contribution in [3.63, 3.8) is 0 Å². The molecule has 0 unspecified atom stereocenters. The van der Waals surface area contributed by atoms with Crippen molar-refractivity contribution in [1.82, 2.24) is 10.2 Å². The second-order valence-electron chi connectivity index (χ2n) is 6.40. The first-order valence-corrected chi connectivity index (χ1v) is 9.56. The number of carbonyl (C=O) groups is 2. The van der Waals surface area contributed by atoms with E-state index in [0.29, 0.717) is 21.5 Å². The predicted octanol–water partition coefficient (Wildman–Crippen LogP) is 3.87. The summed E-state index contributed by atoms with van der Waals surface area (Å²) < 4.78 is 11.5. The quantitative estimate of drug-likeness (QED) is 0.408. The third-order valence-electron chi connectivity index (χ3n) is 4.25. The van der Waals surface area contributed by atoms with Crippen LogP contribution in [0.2, 0.25) is 0 Å². The molecule has 0 atom stereocenters. The fraction of sp³-hybridized carbons (Fsp3) is 0.182. The van der Waals surface area contributed by atoms with E-state index in [1.54, 1.807) is 18.2 Å². The summed E-state index contributed by atoms with van der Waals surface area (Å²) in [4.78, 5) is 26.2. The van der Waals surface area contributed by atoms with E-state index in [9.17, 15) is 9.59 Å². The minimum absolute atomic E-state index is 0.0951. The number of urea groups is 1. The number of imide groups is 1. The van der Waals surface area contributed by atoms with Crippen LogP contribution < -0.4 is 14.8 Å². The summed E-state index contributed by atoms with van der Waals surface area (Å²) in [5.74, 6) is 2.93. The zero-order valence-electron chi connectivity index (χ0n) is 16.0. The van der Waals surface area contributed by atoms with Crippen LogP contribution >= 0.6 is 15.9 Å². The predicted molar refractivity (Wildman–Crippen MR) is 113 cm³/mol. The van der Waals surface area contributed by atoms with Crippen LogP contribution in [0.3, 0.4) is 0 Å². The van der Waals surface area contributed by atoms with Gasteiger partial charge in [0.05, 0.1) is 18.1 Å². The van der Waals surface area contributed by atoms with E-state index in [4.69, 9.17) is 15.9 Å². The average molecular weight is 455 g/mol. The molecular weight excluding hydrogens is 436 g/mol. The molecule has 29 heavy (non-hydrogen) atoms. The summed E-state index contributed by atoms with van der Waals surface area (Å²) in [6.07, 6.45) is 6.83. The summed E-state index contributed by atoms with van der Waals surface area (Å²) in [6, 6.07) is 10.7. The second-order valence-corrected chi connectivity index (χ2v) is 7.25. The molecule has 1 fully saturated rings. The van der Waals surface area contributed by atoms with Crippen molar-refractivity contribution in [1.29, 1.82) is 0 Å². The lowest BCUT2D eigenvalue weighted by atomic mass is 10.1. The molecule has 6 nitrogen and oxygen atoms in total. The van der Waals surface area contributed by atoms with Gasteiger partial charge >= 0.3 is 6.03 Å². The molecule has 7 heteroatoms. The summed E-state index contributed by atoms with van der Waals surface area (Å²) >= 11 is 3.42. The van der Waals surface area contributed by atoms with Crippen molar-refractivity contribution in [3.05, 3.63) is 63.3 Å². The van der Waals surface area contributed by atoms with E-state index >= 15 is 0 Å². The molecule has 1 aliphatic rings. The van der Waals surface area contributed by atoms with E-state index in [1.165, 1.54) is 12.0 Å². The molecular formula is C22H19BrN2O4. The molecule has 1 saturated heterocycles. The Balaban J connectivity index is 1.85. The Labute approximate surface area is 177 Å².